The summed E-state index contributed by atoms with van der Waals surface area (Å²) in [6.45, 7) is 4.62. The van der Waals surface area contributed by atoms with Crippen molar-refractivity contribution in [1.82, 2.24) is 0 Å². The van der Waals surface area contributed by atoms with Crippen LogP contribution in [0.3, 0.4) is 0 Å². The van der Waals surface area contributed by atoms with Gasteiger partial charge in [-0.2, -0.15) is 0 Å². The highest BCUT2D eigenvalue weighted by atomic mass is 35.5. The first kappa shape index (κ1) is 19.3. The number of hydrogen-bond donors (Lipinski definition) is 1. The molecule has 0 saturated carbocycles. The van der Waals surface area contributed by atoms with Gasteiger partial charge in [0.15, 0.2) is 5.58 Å². The molecule has 0 spiro atoms. The Morgan fingerprint density at radius 1 is 1.26 bits per heavy atom. The number of piperidine rings is 1. The molecular weight excluding hydrogens is 368 g/mol. The Hall–Kier alpha value is -2.47. The van der Waals surface area contributed by atoms with E-state index in [9.17, 15) is 9.59 Å². The van der Waals surface area contributed by atoms with Crippen molar-refractivity contribution in [2.45, 2.75) is 45.6 Å². The Bertz CT molecular complexity index is 1070. The molecule has 3 heterocycles. The van der Waals surface area contributed by atoms with Gasteiger partial charge in [-0.3, -0.25) is 4.79 Å². The maximum Gasteiger partial charge on any atom is 0.336 e. The van der Waals surface area contributed by atoms with E-state index in [0.29, 0.717) is 17.6 Å². The number of carbonyl (C=O) groups is 1. The zero-order chi connectivity index (χ0) is 18.4. The van der Waals surface area contributed by atoms with Crippen molar-refractivity contribution in [3.05, 3.63) is 39.9 Å². The van der Waals surface area contributed by atoms with Crippen LogP contribution in [0, 0.1) is 13.8 Å². The van der Waals surface area contributed by atoms with E-state index >= 15 is 0 Å². The molecule has 144 valence electrons. The second-order valence-corrected chi connectivity index (χ2v) is 7.08. The molecule has 2 aromatic heterocycles. The van der Waals surface area contributed by atoms with Crippen LogP contribution in [0.1, 0.15) is 37.0 Å². The van der Waals surface area contributed by atoms with Crippen molar-refractivity contribution in [3.63, 3.8) is 0 Å². The van der Waals surface area contributed by atoms with E-state index < -0.39 is 0 Å². The fourth-order valence-electron chi connectivity index (χ4n) is 4.15. The van der Waals surface area contributed by atoms with E-state index in [2.05, 4.69) is 4.90 Å². The topological polar surface area (TPSA) is 89.7 Å². The Morgan fingerprint density at radius 3 is 2.78 bits per heavy atom. The monoisotopic (exact) mass is 390 g/mol. The first-order valence-corrected chi connectivity index (χ1v) is 8.97. The summed E-state index contributed by atoms with van der Waals surface area (Å²) in [5.41, 5.74) is 8.10. The molecule has 1 saturated heterocycles. The lowest BCUT2D eigenvalue weighted by Crippen LogP contribution is -2.42. The second-order valence-electron chi connectivity index (χ2n) is 7.08. The van der Waals surface area contributed by atoms with Crippen LogP contribution in [0.5, 0.6) is 0 Å². The number of amides is 1. The number of fused-ring (bicyclic) bond motifs is 3. The van der Waals surface area contributed by atoms with Crippen LogP contribution in [0.2, 0.25) is 0 Å². The number of hydrogen-bond acceptors (Lipinski definition) is 5. The first-order chi connectivity index (χ1) is 12.5. The number of halogens is 1. The molecule has 0 bridgehead atoms. The third-order valence-corrected chi connectivity index (χ3v) is 5.27. The maximum absolute atomic E-state index is 12.0. The van der Waals surface area contributed by atoms with Crippen LogP contribution < -0.4 is 16.3 Å². The van der Waals surface area contributed by atoms with Crippen LogP contribution >= 0.6 is 12.4 Å². The Labute approximate surface area is 162 Å². The van der Waals surface area contributed by atoms with E-state index in [0.717, 1.165) is 53.6 Å². The molecule has 3 aromatic rings. The predicted molar refractivity (Wildman–Crippen MR) is 108 cm³/mol. The molecule has 7 heteroatoms. The lowest BCUT2D eigenvalue weighted by molar-refractivity contribution is -0.118. The molecule has 1 aliphatic rings. The minimum absolute atomic E-state index is 0. The van der Waals surface area contributed by atoms with Gasteiger partial charge < -0.3 is 19.5 Å². The van der Waals surface area contributed by atoms with Gasteiger partial charge in [0.1, 0.15) is 11.3 Å². The van der Waals surface area contributed by atoms with E-state index in [1.165, 1.54) is 6.07 Å². The van der Waals surface area contributed by atoms with Gasteiger partial charge in [-0.05, 0) is 50.8 Å². The fraction of sp³-hybridized carbons (Fsp3) is 0.400. The van der Waals surface area contributed by atoms with Crippen LogP contribution in [-0.4, -0.2) is 18.5 Å². The quantitative estimate of drug-likeness (QED) is 0.687. The highest BCUT2D eigenvalue weighted by Crippen LogP contribution is 2.41. The largest absolute Gasteiger partial charge is 0.459 e. The van der Waals surface area contributed by atoms with E-state index in [1.54, 1.807) is 0 Å². The minimum Gasteiger partial charge on any atom is -0.459 e. The summed E-state index contributed by atoms with van der Waals surface area (Å²) in [7, 11) is 0. The van der Waals surface area contributed by atoms with Crippen molar-refractivity contribution in [2.24, 2.45) is 5.73 Å². The molecule has 0 radical (unpaired) electrons. The molecule has 27 heavy (non-hydrogen) atoms. The first-order valence-electron chi connectivity index (χ1n) is 8.97. The van der Waals surface area contributed by atoms with Gasteiger partial charge in [-0.1, -0.05) is 0 Å². The standard InChI is InChI=1S/C20H22N2O4.ClH/c1-11-9-17(24)26-20-14(11)6-7-15-18(20)19(12(2)25-15)22-8-4-3-5-13(22)10-16(21)23;/h6-7,9,13H,3-5,8,10H2,1-2H3,(H2,21,23);1H. The molecular formula is C20H23ClN2O4. The Balaban J connectivity index is 0.00000210. The van der Waals surface area contributed by atoms with E-state index in [1.807, 2.05) is 26.0 Å². The Kier molecular flexibility index (Phi) is 5.20. The molecule has 2 N–H and O–H groups in total. The van der Waals surface area contributed by atoms with Crippen LogP contribution in [0.15, 0.2) is 31.8 Å². The third-order valence-electron chi connectivity index (χ3n) is 5.27. The van der Waals surface area contributed by atoms with E-state index in [4.69, 9.17) is 14.6 Å². The summed E-state index contributed by atoms with van der Waals surface area (Å²) in [5.74, 6) is 0.451. The highest BCUT2D eigenvalue weighted by Gasteiger charge is 2.29. The highest BCUT2D eigenvalue weighted by molar-refractivity contribution is 6.10. The Morgan fingerprint density at radius 2 is 2.04 bits per heavy atom. The van der Waals surface area contributed by atoms with Crippen molar-refractivity contribution >= 4 is 45.9 Å². The van der Waals surface area contributed by atoms with Crippen molar-refractivity contribution < 1.29 is 13.6 Å². The van der Waals surface area contributed by atoms with Crippen LogP contribution in [0.4, 0.5) is 5.69 Å². The number of nitrogens with zero attached hydrogens (tertiary/aromatic N) is 1. The smallest absolute Gasteiger partial charge is 0.336 e. The molecule has 1 atom stereocenters. The van der Waals surface area contributed by atoms with Crippen LogP contribution in [-0.2, 0) is 4.79 Å². The summed E-state index contributed by atoms with van der Waals surface area (Å²) in [4.78, 5) is 25.7. The SMILES string of the molecule is Cc1oc2ccc3c(C)cc(=O)oc3c2c1N1CCCCC1CC(N)=O.Cl. The van der Waals surface area contributed by atoms with Gasteiger partial charge in [-0.15, -0.1) is 12.4 Å². The zero-order valence-electron chi connectivity index (χ0n) is 15.4. The average Bonchev–Trinajstić information content (AvgIpc) is 2.91. The molecule has 1 unspecified atom stereocenters. The molecule has 1 fully saturated rings. The van der Waals surface area contributed by atoms with E-state index in [-0.39, 0.29) is 30.0 Å². The molecule has 1 aromatic carbocycles. The number of carbonyl (C=O) groups excluding carboxylic acids is 1. The number of primary amides is 1. The second kappa shape index (κ2) is 7.27. The normalized spacial score (nSPS) is 17.3. The summed E-state index contributed by atoms with van der Waals surface area (Å²) in [6.07, 6.45) is 3.32. The zero-order valence-corrected chi connectivity index (χ0v) is 16.2. The molecule has 6 nitrogen and oxygen atoms in total. The van der Waals surface area contributed by atoms with Gasteiger partial charge in [0.2, 0.25) is 5.91 Å². The summed E-state index contributed by atoms with van der Waals surface area (Å²) in [6, 6.07) is 5.36. The van der Waals surface area contributed by atoms with Crippen LogP contribution in [0.25, 0.3) is 21.9 Å². The summed E-state index contributed by atoms with van der Waals surface area (Å²) in [5, 5.41) is 1.69. The lowest BCUT2D eigenvalue weighted by Gasteiger charge is -2.36. The number of furan rings is 1. The van der Waals surface area contributed by atoms with Gasteiger partial charge in [0.25, 0.3) is 0 Å². The fourth-order valence-corrected chi connectivity index (χ4v) is 4.15. The summed E-state index contributed by atoms with van der Waals surface area (Å²) >= 11 is 0. The number of benzene rings is 1. The number of rotatable bonds is 3. The molecule has 1 aliphatic heterocycles. The number of aryl methyl sites for hydroxylation is 2. The molecule has 0 aliphatic carbocycles. The summed E-state index contributed by atoms with van der Waals surface area (Å²) < 4.78 is 11.6. The van der Waals surface area contributed by atoms with Gasteiger partial charge in [0, 0.05) is 30.5 Å². The predicted octanol–water partition coefficient (Wildman–Crippen LogP) is 3.81. The van der Waals surface area contributed by atoms with Crippen molar-refractivity contribution in [1.29, 1.82) is 0 Å². The van der Waals surface area contributed by atoms with Crippen molar-refractivity contribution in [3.8, 4) is 0 Å². The third kappa shape index (κ3) is 3.30. The number of anilines is 1. The lowest BCUT2D eigenvalue weighted by atomic mass is 9.97. The molecule has 1 amide bonds. The van der Waals surface area contributed by atoms with Gasteiger partial charge in [0.05, 0.1) is 11.1 Å². The van der Waals surface area contributed by atoms with Gasteiger partial charge >= 0.3 is 5.63 Å². The maximum atomic E-state index is 12.0. The van der Waals surface area contributed by atoms with Crippen molar-refractivity contribution in [2.75, 3.05) is 11.4 Å². The minimum atomic E-state index is -0.375. The van der Waals surface area contributed by atoms with Gasteiger partial charge in [-0.25, -0.2) is 4.79 Å². The average molecular weight is 391 g/mol. The molecule has 4 rings (SSSR count). The number of nitrogens with two attached hydrogens (primary N) is 1.